The fraction of sp³-hybridized carbons (Fsp3) is 0.500. The number of halogens is 1. The zero-order valence-electron chi connectivity index (χ0n) is 20.1. The van der Waals surface area contributed by atoms with Gasteiger partial charge in [-0.15, -0.1) is 12.3 Å². The van der Waals surface area contributed by atoms with Crippen molar-refractivity contribution in [1.29, 1.82) is 0 Å². The molecule has 2 atom stereocenters. The third-order valence-corrected chi connectivity index (χ3v) is 5.94. The van der Waals surface area contributed by atoms with Gasteiger partial charge in [-0.2, -0.15) is 0 Å². The molecular formula is C28H42FN. The van der Waals surface area contributed by atoms with Crippen molar-refractivity contribution in [3.05, 3.63) is 72.9 Å². The lowest BCUT2D eigenvalue weighted by molar-refractivity contribution is 0.145. The van der Waals surface area contributed by atoms with Crippen LogP contribution in [0.3, 0.4) is 0 Å². The lowest BCUT2D eigenvalue weighted by Crippen LogP contribution is -2.24. The van der Waals surface area contributed by atoms with Crippen molar-refractivity contribution in [3.8, 4) is 0 Å². The van der Waals surface area contributed by atoms with Gasteiger partial charge in [0.1, 0.15) is 5.82 Å². The largest absolute Gasteiger partial charge is 0.265 e. The molecular weight excluding hydrogens is 369 g/mol. The summed E-state index contributed by atoms with van der Waals surface area (Å²) in [4.78, 5) is 4.50. The molecule has 1 aromatic carbocycles. The van der Waals surface area contributed by atoms with E-state index in [9.17, 15) is 4.39 Å². The molecule has 0 heterocycles. The molecule has 166 valence electrons. The number of benzene rings is 1. The molecule has 1 aromatic rings. The number of hydrogen-bond acceptors (Lipinski definition) is 1. The second kappa shape index (κ2) is 14.7. The first-order chi connectivity index (χ1) is 14.1. The Morgan fingerprint density at radius 1 is 1.17 bits per heavy atom. The van der Waals surface area contributed by atoms with E-state index < -0.39 is 0 Å². The minimum Gasteiger partial charge on any atom is -0.265 e. The van der Waals surface area contributed by atoms with Crippen LogP contribution in [0.1, 0.15) is 79.2 Å². The summed E-state index contributed by atoms with van der Waals surface area (Å²) in [5.74, 6) is 0.544. The maximum absolute atomic E-state index is 12.9. The summed E-state index contributed by atoms with van der Waals surface area (Å²) in [6, 6.07) is 6.50. The van der Waals surface area contributed by atoms with E-state index in [1.807, 2.05) is 26.1 Å². The van der Waals surface area contributed by atoms with Gasteiger partial charge in [-0.25, -0.2) is 4.39 Å². The Morgan fingerprint density at radius 2 is 1.70 bits per heavy atom. The first-order valence-electron chi connectivity index (χ1n) is 11.0. The Morgan fingerprint density at radius 3 is 2.07 bits per heavy atom. The van der Waals surface area contributed by atoms with Gasteiger partial charge in [-0.1, -0.05) is 71.9 Å². The second-order valence-corrected chi connectivity index (χ2v) is 8.61. The van der Waals surface area contributed by atoms with Crippen molar-refractivity contribution < 1.29 is 4.39 Å². The molecule has 0 aliphatic heterocycles. The van der Waals surface area contributed by atoms with Crippen molar-refractivity contribution in [3.63, 3.8) is 0 Å². The molecule has 2 heteroatoms. The van der Waals surface area contributed by atoms with Crippen LogP contribution in [-0.2, 0) is 0 Å². The van der Waals surface area contributed by atoms with Crippen LogP contribution in [0.4, 0.5) is 4.39 Å². The maximum atomic E-state index is 12.9. The van der Waals surface area contributed by atoms with E-state index in [0.29, 0.717) is 11.8 Å². The Labute approximate surface area is 185 Å². The topological polar surface area (TPSA) is 12.4 Å². The first-order valence-corrected chi connectivity index (χ1v) is 11.0. The van der Waals surface area contributed by atoms with Crippen molar-refractivity contribution in [1.82, 2.24) is 0 Å². The van der Waals surface area contributed by atoms with Gasteiger partial charge in [-0.3, -0.25) is 4.99 Å². The van der Waals surface area contributed by atoms with E-state index in [1.165, 1.54) is 44.2 Å². The molecule has 0 spiro atoms. The second-order valence-electron chi connectivity index (χ2n) is 8.61. The normalized spacial score (nSPS) is 17.0. The van der Waals surface area contributed by atoms with Crippen molar-refractivity contribution >= 4 is 11.8 Å². The van der Waals surface area contributed by atoms with E-state index >= 15 is 0 Å². The molecule has 1 nitrogen and oxygen atoms in total. The van der Waals surface area contributed by atoms with Crippen LogP contribution < -0.4 is 0 Å². The molecule has 0 saturated heterocycles. The predicted molar refractivity (Wildman–Crippen MR) is 133 cm³/mol. The molecule has 1 aliphatic carbocycles. The van der Waals surface area contributed by atoms with E-state index in [1.54, 1.807) is 12.1 Å². The van der Waals surface area contributed by atoms with Crippen LogP contribution in [0.15, 0.2) is 66.5 Å². The zero-order chi connectivity index (χ0) is 23.2. The highest BCUT2D eigenvalue weighted by Crippen LogP contribution is 2.43. The summed E-state index contributed by atoms with van der Waals surface area (Å²) < 4.78 is 12.9. The third-order valence-electron chi connectivity index (χ3n) is 5.94. The van der Waals surface area contributed by atoms with Crippen LogP contribution in [0.5, 0.6) is 0 Å². The maximum Gasteiger partial charge on any atom is 0.123 e. The summed E-state index contributed by atoms with van der Waals surface area (Å²) >= 11 is 0. The van der Waals surface area contributed by atoms with E-state index in [4.69, 9.17) is 0 Å². The summed E-state index contributed by atoms with van der Waals surface area (Å²) in [6.45, 7) is 23.0. The number of allylic oxidation sites excluding steroid dienone is 3. The highest BCUT2D eigenvalue weighted by molar-refractivity contribution is 5.70. The smallest absolute Gasteiger partial charge is 0.123 e. The number of hydrogen-bond donors (Lipinski definition) is 0. The van der Waals surface area contributed by atoms with Crippen LogP contribution in [0.25, 0.3) is 5.57 Å². The lowest BCUT2D eigenvalue weighted by Gasteiger charge is -2.38. The van der Waals surface area contributed by atoms with Crippen LogP contribution >= 0.6 is 0 Å². The molecule has 0 amide bonds. The third kappa shape index (κ3) is 10.6. The van der Waals surface area contributed by atoms with Gasteiger partial charge in [0, 0.05) is 11.9 Å². The van der Waals surface area contributed by atoms with E-state index in [-0.39, 0.29) is 5.82 Å². The van der Waals surface area contributed by atoms with Crippen LogP contribution in [0, 0.1) is 23.1 Å². The highest BCUT2D eigenvalue weighted by Gasteiger charge is 2.29. The van der Waals surface area contributed by atoms with E-state index in [2.05, 4.69) is 58.2 Å². The molecule has 2 rings (SSSR count). The molecule has 1 saturated carbocycles. The average Bonchev–Trinajstić information content (AvgIpc) is 2.71. The standard InChI is InChI=1S/C17H22FN.C8H16.C3H4/c1-6-12(2)13(3)11-19-15(5)14(4)16-7-9-17(18)10-8-16;1-3-5-8(2)6-4-7-8;1-3-2/h6-13H,1H2,2-5H3;3-7H2,1-2H3;1-2H2/b15-14+,19-11?;;. The van der Waals surface area contributed by atoms with Crippen LogP contribution in [-0.4, -0.2) is 6.21 Å². The Bertz CT molecular complexity index is 714. The number of nitrogens with zero attached hydrogens (tertiary/aromatic N) is 1. The van der Waals surface area contributed by atoms with Gasteiger partial charge in [0.2, 0.25) is 0 Å². The Hall–Kier alpha value is -2.18. The molecule has 0 N–H and O–H groups in total. The highest BCUT2D eigenvalue weighted by atomic mass is 19.1. The summed E-state index contributed by atoms with van der Waals surface area (Å²) in [5, 5.41) is 0. The average molecular weight is 412 g/mol. The van der Waals surface area contributed by atoms with Crippen molar-refractivity contribution in [2.75, 3.05) is 0 Å². The minimum atomic E-state index is -0.217. The van der Waals surface area contributed by atoms with Gasteiger partial charge in [-0.05, 0) is 73.6 Å². The minimum absolute atomic E-state index is 0.217. The summed E-state index contributed by atoms with van der Waals surface area (Å²) in [7, 11) is 0. The van der Waals surface area contributed by atoms with Crippen molar-refractivity contribution in [2.24, 2.45) is 22.2 Å². The quantitative estimate of drug-likeness (QED) is 0.241. The Kier molecular flexibility index (Phi) is 13.7. The predicted octanol–water partition coefficient (Wildman–Crippen LogP) is 9.04. The van der Waals surface area contributed by atoms with Gasteiger partial charge in [0.15, 0.2) is 0 Å². The summed E-state index contributed by atoms with van der Waals surface area (Å²) in [6.07, 6.45) is 11.2. The van der Waals surface area contributed by atoms with Gasteiger partial charge in [0.25, 0.3) is 0 Å². The molecule has 2 unspecified atom stereocenters. The van der Waals surface area contributed by atoms with E-state index in [0.717, 1.165) is 22.2 Å². The number of rotatable bonds is 7. The molecule has 0 aromatic heterocycles. The van der Waals surface area contributed by atoms with Gasteiger partial charge >= 0.3 is 0 Å². The fourth-order valence-corrected chi connectivity index (χ4v) is 3.22. The lowest BCUT2D eigenvalue weighted by atomic mass is 9.68. The zero-order valence-corrected chi connectivity index (χ0v) is 20.1. The monoisotopic (exact) mass is 411 g/mol. The number of aliphatic imine (C=N–C) groups is 1. The summed E-state index contributed by atoms with van der Waals surface area (Å²) in [5.41, 5.74) is 6.04. The van der Waals surface area contributed by atoms with Crippen molar-refractivity contribution in [2.45, 2.75) is 73.6 Å². The van der Waals surface area contributed by atoms with Crippen LogP contribution in [0.2, 0.25) is 0 Å². The molecule has 1 fully saturated rings. The van der Waals surface area contributed by atoms with Gasteiger partial charge in [0.05, 0.1) is 0 Å². The molecule has 0 bridgehead atoms. The molecule has 1 aliphatic rings. The SMILES string of the molecule is C=C=C.C=CC(C)C(C)C=N/C(C)=C(\C)c1ccc(F)cc1.CCCC1(C)CCC1. The molecule has 0 radical (unpaired) electrons. The molecule has 30 heavy (non-hydrogen) atoms. The fourth-order valence-electron chi connectivity index (χ4n) is 3.22. The first kappa shape index (κ1) is 27.8. The van der Waals surface area contributed by atoms with Gasteiger partial charge < -0.3 is 0 Å². The Balaban J connectivity index is 0.000000628.